The van der Waals surface area contributed by atoms with Gasteiger partial charge in [0.2, 0.25) is 0 Å². The molecule has 2 rings (SSSR count). The molecule has 0 saturated heterocycles. The molecule has 5 heteroatoms. The number of carboxylic acids is 1. The summed E-state index contributed by atoms with van der Waals surface area (Å²) in [4.78, 5) is 26.8. The second kappa shape index (κ2) is 6.20. The molecule has 1 aliphatic carbocycles. The molecular weight excluding hydrogens is 256 g/mol. The number of hydrogen-bond donors (Lipinski definition) is 1. The Hall–Kier alpha value is -1.65. The topological polar surface area (TPSA) is 72.2 Å². The molecule has 20 heavy (non-hydrogen) atoms. The third-order valence-electron chi connectivity index (χ3n) is 4.35. The molecule has 5 nitrogen and oxygen atoms in total. The van der Waals surface area contributed by atoms with Gasteiger partial charge in [-0.1, -0.05) is 19.3 Å². The zero-order valence-corrected chi connectivity index (χ0v) is 12.2. The van der Waals surface area contributed by atoms with E-state index in [0.717, 1.165) is 23.6 Å². The van der Waals surface area contributed by atoms with Crippen LogP contribution in [0.5, 0.6) is 0 Å². The second-order valence-corrected chi connectivity index (χ2v) is 5.67. The Balaban J connectivity index is 2.18. The van der Waals surface area contributed by atoms with Gasteiger partial charge in [-0.25, -0.2) is 4.79 Å². The van der Waals surface area contributed by atoms with Crippen LogP contribution in [0.3, 0.4) is 0 Å². The van der Waals surface area contributed by atoms with Gasteiger partial charge >= 0.3 is 11.7 Å². The molecule has 1 saturated carbocycles. The van der Waals surface area contributed by atoms with Crippen LogP contribution in [-0.2, 0) is 17.8 Å². The van der Waals surface area contributed by atoms with Crippen molar-refractivity contribution in [3.05, 3.63) is 27.4 Å². The number of carbonyl (C=O) groups is 1. The highest BCUT2D eigenvalue weighted by molar-refractivity contribution is 5.67. The minimum atomic E-state index is -0.823. The van der Waals surface area contributed by atoms with Gasteiger partial charge in [0.1, 0.15) is 0 Å². The number of aryl methyl sites for hydroxylation is 1. The van der Waals surface area contributed by atoms with Gasteiger partial charge in [-0.3, -0.25) is 9.36 Å². The molecule has 1 heterocycles. The van der Waals surface area contributed by atoms with Gasteiger partial charge in [-0.2, -0.15) is 4.98 Å². The maximum Gasteiger partial charge on any atom is 0.347 e. The molecule has 0 aliphatic heterocycles. The van der Waals surface area contributed by atoms with E-state index in [0.29, 0.717) is 18.7 Å². The standard InChI is InChI=1S/C15H22N2O3/c1-10-13(6-7-14(18)19)11(2)17(15(20)16-10)9-8-12-4-3-5-12/h12H,3-9H2,1-2H3,(H,18,19). The molecule has 110 valence electrons. The molecule has 0 radical (unpaired) electrons. The molecule has 0 atom stereocenters. The van der Waals surface area contributed by atoms with Crippen LogP contribution in [0, 0.1) is 19.8 Å². The van der Waals surface area contributed by atoms with Crippen LogP contribution in [0.1, 0.15) is 49.1 Å². The summed E-state index contributed by atoms with van der Waals surface area (Å²) in [5, 5.41) is 8.81. The molecule has 1 aliphatic rings. The number of aromatic nitrogens is 2. The fourth-order valence-electron chi connectivity index (χ4n) is 2.79. The number of nitrogens with zero attached hydrogens (tertiary/aromatic N) is 2. The van der Waals surface area contributed by atoms with Crippen molar-refractivity contribution in [1.82, 2.24) is 9.55 Å². The van der Waals surface area contributed by atoms with Gasteiger partial charge in [0.05, 0.1) is 0 Å². The van der Waals surface area contributed by atoms with Crippen molar-refractivity contribution in [2.45, 2.75) is 58.9 Å². The summed E-state index contributed by atoms with van der Waals surface area (Å²) < 4.78 is 1.71. The quantitative estimate of drug-likeness (QED) is 0.864. The lowest BCUT2D eigenvalue weighted by Gasteiger charge is -2.26. The SMILES string of the molecule is Cc1nc(=O)n(CCC2CCC2)c(C)c1CCC(=O)O. The fourth-order valence-corrected chi connectivity index (χ4v) is 2.79. The normalized spacial score (nSPS) is 15.1. The lowest BCUT2D eigenvalue weighted by atomic mass is 9.83. The highest BCUT2D eigenvalue weighted by Gasteiger charge is 2.18. The van der Waals surface area contributed by atoms with Gasteiger partial charge in [0, 0.05) is 24.4 Å². The monoisotopic (exact) mass is 278 g/mol. The smallest absolute Gasteiger partial charge is 0.347 e. The summed E-state index contributed by atoms with van der Waals surface area (Å²) in [5.41, 5.74) is 2.23. The first-order valence-electron chi connectivity index (χ1n) is 7.27. The van der Waals surface area contributed by atoms with Crippen molar-refractivity contribution in [3.63, 3.8) is 0 Å². The Morgan fingerprint density at radius 3 is 2.65 bits per heavy atom. The third kappa shape index (κ3) is 3.26. The zero-order valence-electron chi connectivity index (χ0n) is 12.2. The number of aliphatic carboxylic acids is 1. The van der Waals surface area contributed by atoms with Gasteiger partial charge in [0.25, 0.3) is 0 Å². The van der Waals surface area contributed by atoms with E-state index in [4.69, 9.17) is 5.11 Å². The first kappa shape index (κ1) is 14.8. The van der Waals surface area contributed by atoms with E-state index in [2.05, 4.69) is 4.98 Å². The van der Waals surface area contributed by atoms with Gasteiger partial charge in [0.15, 0.2) is 0 Å². The van der Waals surface area contributed by atoms with Gasteiger partial charge < -0.3 is 5.11 Å². The van der Waals surface area contributed by atoms with E-state index in [1.54, 1.807) is 11.5 Å². The first-order valence-corrected chi connectivity index (χ1v) is 7.27. The van der Waals surface area contributed by atoms with Crippen LogP contribution >= 0.6 is 0 Å². The minimum absolute atomic E-state index is 0.0736. The van der Waals surface area contributed by atoms with E-state index in [1.807, 2.05) is 6.92 Å². The first-order chi connectivity index (χ1) is 9.49. The number of rotatable bonds is 6. The van der Waals surface area contributed by atoms with Gasteiger partial charge in [-0.15, -0.1) is 0 Å². The summed E-state index contributed by atoms with van der Waals surface area (Å²) >= 11 is 0. The van der Waals surface area contributed by atoms with Crippen LogP contribution in [0.25, 0.3) is 0 Å². The van der Waals surface area contributed by atoms with E-state index in [1.165, 1.54) is 19.3 Å². The lowest BCUT2D eigenvalue weighted by Crippen LogP contribution is -2.29. The van der Waals surface area contributed by atoms with Crippen molar-refractivity contribution in [3.8, 4) is 0 Å². The third-order valence-corrected chi connectivity index (χ3v) is 4.35. The Bertz CT molecular complexity index is 559. The van der Waals surface area contributed by atoms with Crippen LogP contribution in [-0.4, -0.2) is 20.6 Å². The van der Waals surface area contributed by atoms with Crippen molar-refractivity contribution >= 4 is 5.97 Å². The number of hydrogen-bond acceptors (Lipinski definition) is 3. The second-order valence-electron chi connectivity index (χ2n) is 5.67. The summed E-state index contributed by atoms with van der Waals surface area (Å²) in [6.45, 7) is 4.37. The molecule has 1 aromatic heterocycles. The highest BCUT2D eigenvalue weighted by atomic mass is 16.4. The Morgan fingerprint density at radius 2 is 2.10 bits per heavy atom. The molecule has 1 aromatic rings. The summed E-state index contributed by atoms with van der Waals surface area (Å²) in [6, 6.07) is 0. The minimum Gasteiger partial charge on any atom is -0.481 e. The predicted molar refractivity (Wildman–Crippen MR) is 75.9 cm³/mol. The average Bonchev–Trinajstić information content (AvgIpc) is 2.30. The van der Waals surface area contributed by atoms with E-state index < -0.39 is 5.97 Å². The number of carboxylic acid groups (broad SMARTS) is 1. The highest BCUT2D eigenvalue weighted by Crippen LogP contribution is 2.29. The fraction of sp³-hybridized carbons (Fsp3) is 0.667. The van der Waals surface area contributed by atoms with E-state index in [9.17, 15) is 9.59 Å². The lowest BCUT2D eigenvalue weighted by molar-refractivity contribution is -0.136. The molecule has 1 N–H and O–H groups in total. The van der Waals surface area contributed by atoms with Crippen molar-refractivity contribution in [2.75, 3.05) is 0 Å². The van der Waals surface area contributed by atoms with E-state index >= 15 is 0 Å². The molecule has 0 bridgehead atoms. The Morgan fingerprint density at radius 1 is 1.40 bits per heavy atom. The van der Waals surface area contributed by atoms with Crippen LogP contribution in [0.4, 0.5) is 0 Å². The Kier molecular flexibility index (Phi) is 4.57. The van der Waals surface area contributed by atoms with Crippen LogP contribution in [0.2, 0.25) is 0 Å². The zero-order chi connectivity index (χ0) is 14.7. The van der Waals surface area contributed by atoms with E-state index in [-0.39, 0.29) is 12.1 Å². The largest absolute Gasteiger partial charge is 0.481 e. The molecule has 0 aromatic carbocycles. The van der Waals surface area contributed by atoms with Crippen molar-refractivity contribution < 1.29 is 9.90 Å². The molecule has 0 unspecified atom stereocenters. The maximum atomic E-state index is 12.0. The average molecular weight is 278 g/mol. The summed E-state index contributed by atoms with van der Waals surface area (Å²) in [5.74, 6) is -0.0823. The Labute approximate surface area is 118 Å². The van der Waals surface area contributed by atoms with Crippen LogP contribution in [0.15, 0.2) is 4.79 Å². The predicted octanol–water partition coefficient (Wildman–Crippen LogP) is 2.07. The molecule has 0 spiro atoms. The maximum absolute atomic E-state index is 12.0. The van der Waals surface area contributed by atoms with Crippen molar-refractivity contribution in [1.29, 1.82) is 0 Å². The molecular formula is C15H22N2O3. The van der Waals surface area contributed by atoms with Crippen LogP contribution < -0.4 is 5.69 Å². The summed E-state index contributed by atoms with van der Waals surface area (Å²) in [7, 11) is 0. The molecule has 1 fully saturated rings. The van der Waals surface area contributed by atoms with Crippen molar-refractivity contribution in [2.24, 2.45) is 5.92 Å². The summed E-state index contributed by atoms with van der Waals surface area (Å²) in [6.07, 6.45) is 5.35. The molecule has 0 amide bonds. The van der Waals surface area contributed by atoms with Gasteiger partial charge in [-0.05, 0) is 38.2 Å².